The van der Waals surface area contributed by atoms with E-state index < -0.39 is 23.9 Å². The average molecular weight is 601 g/mol. The molecule has 14 nitrogen and oxygen atoms in total. The van der Waals surface area contributed by atoms with Crippen LogP contribution in [-0.2, 0) is 26.2 Å². The number of pyridine rings is 4. The molecule has 0 radical (unpaired) electrons. The molecule has 14 heteroatoms. The standard InChI is InChI=1S/C30H28N6O8/c37-27(38)19-5-1-9-31-23(19)15-35(16-24-20(28(39)40)6-2-10-32-24)13-14-36(17-25-21(29(41)42)7-3-11-33-25)18-26-22(30(43)44)8-4-12-34-26/h1-12H,13-18H2,(H,37,38)(H,39,40)(H,41,42)(H,43,44). The van der Waals surface area contributed by atoms with Gasteiger partial charge in [-0.05, 0) is 48.5 Å². The van der Waals surface area contributed by atoms with Crippen molar-refractivity contribution < 1.29 is 39.6 Å². The zero-order chi connectivity index (χ0) is 31.6. The monoisotopic (exact) mass is 600 g/mol. The molecule has 4 rings (SSSR count). The molecule has 0 fully saturated rings. The number of carboxylic acids is 4. The van der Waals surface area contributed by atoms with Gasteiger partial charge in [0.2, 0.25) is 0 Å². The van der Waals surface area contributed by atoms with Crippen molar-refractivity contribution in [3.63, 3.8) is 0 Å². The van der Waals surface area contributed by atoms with Crippen molar-refractivity contribution in [1.82, 2.24) is 29.7 Å². The third kappa shape index (κ3) is 8.02. The van der Waals surface area contributed by atoms with Crippen LogP contribution in [0.4, 0.5) is 0 Å². The first-order valence-corrected chi connectivity index (χ1v) is 13.3. The van der Waals surface area contributed by atoms with Crippen molar-refractivity contribution in [3.05, 3.63) is 118 Å². The maximum Gasteiger partial charge on any atom is 0.337 e. The van der Waals surface area contributed by atoms with Crippen LogP contribution < -0.4 is 0 Å². The topological polar surface area (TPSA) is 207 Å². The number of nitrogens with zero attached hydrogens (tertiary/aromatic N) is 6. The molecular weight excluding hydrogens is 572 g/mol. The van der Waals surface area contributed by atoms with E-state index in [1.165, 1.54) is 73.3 Å². The summed E-state index contributed by atoms with van der Waals surface area (Å²) in [6, 6.07) is 11.7. The van der Waals surface area contributed by atoms with Crippen LogP contribution in [0.25, 0.3) is 0 Å². The van der Waals surface area contributed by atoms with E-state index in [2.05, 4.69) is 19.9 Å². The highest BCUT2D eigenvalue weighted by molar-refractivity contribution is 5.90. The van der Waals surface area contributed by atoms with Crippen molar-refractivity contribution in [3.8, 4) is 0 Å². The van der Waals surface area contributed by atoms with Gasteiger partial charge in [-0.25, -0.2) is 19.2 Å². The Labute approximate surface area is 250 Å². The maximum absolute atomic E-state index is 11.9. The highest BCUT2D eigenvalue weighted by Gasteiger charge is 2.22. The SMILES string of the molecule is O=C(O)c1cccnc1CN(CCN(Cc1ncccc1C(=O)O)Cc1ncccc1C(=O)O)Cc1ncccc1C(=O)O. The molecule has 0 atom stereocenters. The summed E-state index contributed by atoms with van der Waals surface area (Å²) < 4.78 is 0. The predicted octanol–water partition coefficient (Wildman–Crippen LogP) is 2.76. The summed E-state index contributed by atoms with van der Waals surface area (Å²) in [7, 11) is 0. The number of aromatic carboxylic acids is 4. The zero-order valence-corrected chi connectivity index (χ0v) is 23.3. The summed E-state index contributed by atoms with van der Waals surface area (Å²) >= 11 is 0. The lowest BCUT2D eigenvalue weighted by molar-refractivity contribution is 0.0677. The third-order valence-corrected chi connectivity index (χ3v) is 6.71. The largest absolute Gasteiger partial charge is 0.478 e. The second kappa shape index (κ2) is 14.5. The zero-order valence-electron chi connectivity index (χ0n) is 23.3. The Hall–Kier alpha value is -5.60. The minimum atomic E-state index is -1.17. The predicted molar refractivity (Wildman–Crippen MR) is 153 cm³/mol. The number of carboxylic acid groups (broad SMARTS) is 4. The van der Waals surface area contributed by atoms with Gasteiger partial charge in [0, 0.05) is 64.1 Å². The molecule has 4 N–H and O–H groups in total. The van der Waals surface area contributed by atoms with Crippen LogP contribution in [0.15, 0.2) is 73.3 Å². The molecule has 4 aromatic heterocycles. The second-order valence-electron chi connectivity index (χ2n) is 9.63. The molecule has 0 saturated heterocycles. The van der Waals surface area contributed by atoms with E-state index in [0.717, 1.165) is 0 Å². The van der Waals surface area contributed by atoms with Crippen molar-refractivity contribution in [2.75, 3.05) is 13.1 Å². The van der Waals surface area contributed by atoms with E-state index in [-0.39, 0.29) is 84.3 Å². The maximum atomic E-state index is 11.9. The van der Waals surface area contributed by atoms with Gasteiger partial charge in [0.15, 0.2) is 0 Å². The highest BCUT2D eigenvalue weighted by Crippen LogP contribution is 2.17. The Bertz CT molecular complexity index is 1440. The summed E-state index contributed by atoms with van der Waals surface area (Å²) in [5, 5.41) is 38.8. The van der Waals surface area contributed by atoms with E-state index in [1.807, 2.05) is 0 Å². The van der Waals surface area contributed by atoms with Crippen molar-refractivity contribution in [1.29, 1.82) is 0 Å². The Morgan fingerprint density at radius 3 is 0.886 bits per heavy atom. The Morgan fingerprint density at radius 2 is 0.682 bits per heavy atom. The summed E-state index contributed by atoms with van der Waals surface area (Å²) in [6.45, 7) is 0.435. The molecule has 4 aromatic rings. The third-order valence-electron chi connectivity index (χ3n) is 6.71. The quantitative estimate of drug-likeness (QED) is 0.155. The Morgan fingerprint density at radius 1 is 0.455 bits per heavy atom. The van der Waals surface area contributed by atoms with Gasteiger partial charge in [-0.2, -0.15) is 0 Å². The van der Waals surface area contributed by atoms with Gasteiger partial charge in [0.1, 0.15) is 0 Å². The molecule has 0 aliphatic heterocycles. The Balaban J connectivity index is 1.68. The Kier molecular flexibility index (Phi) is 10.3. The molecule has 0 aliphatic rings. The van der Waals surface area contributed by atoms with Gasteiger partial charge in [-0.3, -0.25) is 29.7 Å². The first-order chi connectivity index (χ1) is 21.1. The smallest absolute Gasteiger partial charge is 0.337 e. The number of carbonyl (C=O) groups is 4. The number of rotatable bonds is 15. The van der Waals surface area contributed by atoms with Crippen LogP contribution in [0.5, 0.6) is 0 Å². The van der Waals surface area contributed by atoms with Crippen LogP contribution >= 0.6 is 0 Å². The van der Waals surface area contributed by atoms with E-state index in [1.54, 1.807) is 9.80 Å². The minimum Gasteiger partial charge on any atom is -0.478 e. The van der Waals surface area contributed by atoms with Gasteiger partial charge >= 0.3 is 23.9 Å². The molecule has 0 unspecified atom stereocenters. The van der Waals surface area contributed by atoms with Crippen LogP contribution in [0.1, 0.15) is 64.2 Å². The molecule has 0 bridgehead atoms. The van der Waals surface area contributed by atoms with E-state index in [0.29, 0.717) is 0 Å². The summed E-state index contributed by atoms with van der Waals surface area (Å²) in [5.74, 6) is -4.70. The summed E-state index contributed by atoms with van der Waals surface area (Å²) in [4.78, 5) is 68.0. The first-order valence-electron chi connectivity index (χ1n) is 13.3. The summed E-state index contributed by atoms with van der Waals surface area (Å²) in [6.07, 6.45) is 5.83. The molecule has 0 spiro atoms. The number of hydrogen-bond acceptors (Lipinski definition) is 10. The molecule has 226 valence electrons. The fraction of sp³-hybridized carbons (Fsp3) is 0.200. The lowest BCUT2D eigenvalue weighted by Gasteiger charge is -2.28. The lowest BCUT2D eigenvalue weighted by atomic mass is 10.1. The van der Waals surface area contributed by atoms with E-state index in [9.17, 15) is 39.6 Å². The van der Waals surface area contributed by atoms with Crippen molar-refractivity contribution in [2.45, 2.75) is 26.2 Å². The van der Waals surface area contributed by atoms with Gasteiger partial charge in [-0.15, -0.1) is 0 Å². The molecule has 4 heterocycles. The number of aromatic nitrogens is 4. The summed E-state index contributed by atoms with van der Waals surface area (Å²) in [5.41, 5.74) is 0.901. The van der Waals surface area contributed by atoms with Crippen molar-refractivity contribution in [2.24, 2.45) is 0 Å². The molecule has 44 heavy (non-hydrogen) atoms. The lowest BCUT2D eigenvalue weighted by Crippen LogP contribution is -2.36. The van der Waals surface area contributed by atoms with Gasteiger partial charge in [0.05, 0.1) is 45.0 Å². The highest BCUT2D eigenvalue weighted by atomic mass is 16.4. The van der Waals surface area contributed by atoms with E-state index in [4.69, 9.17) is 0 Å². The number of hydrogen-bond donors (Lipinski definition) is 4. The van der Waals surface area contributed by atoms with Crippen LogP contribution in [0.3, 0.4) is 0 Å². The van der Waals surface area contributed by atoms with Gasteiger partial charge in [-0.1, -0.05) is 0 Å². The van der Waals surface area contributed by atoms with Crippen LogP contribution in [0, 0.1) is 0 Å². The molecule has 0 aliphatic carbocycles. The van der Waals surface area contributed by atoms with Crippen LogP contribution in [0.2, 0.25) is 0 Å². The minimum absolute atomic E-state index is 0.0138. The van der Waals surface area contributed by atoms with Crippen molar-refractivity contribution >= 4 is 23.9 Å². The first kappa shape index (κ1) is 31.3. The average Bonchev–Trinajstić information content (AvgIpc) is 3.00. The fourth-order valence-electron chi connectivity index (χ4n) is 4.59. The van der Waals surface area contributed by atoms with E-state index >= 15 is 0 Å². The van der Waals surface area contributed by atoms with Gasteiger partial charge < -0.3 is 20.4 Å². The fourth-order valence-corrected chi connectivity index (χ4v) is 4.59. The molecule has 0 amide bonds. The molecule has 0 saturated carbocycles. The molecule has 0 aromatic carbocycles. The normalized spacial score (nSPS) is 11.0. The van der Waals surface area contributed by atoms with Gasteiger partial charge in [0.25, 0.3) is 0 Å². The van der Waals surface area contributed by atoms with Crippen LogP contribution in [-0.4, -0.2) is 87.1 Å². The second-order valence-corrected chi connectivity index (χ2v) is 9.63. The molecular formula is C30H28N6O8.